The molecule has 0 aromatic carbocycles. The molecule has 0 N–H and O–H groups in total. The zero-order valence-electron chi connectivity index (χ0n) is 2.29. The van der Waals surface area contributed by atoms with Crippen molar-refractivity contribution < 1.29 is 27.3 Å². The Morgan fingerprint density at radius 1 is 1.00 bits per heavy atom. The summed E-state index contributed by atoms with van der Waals surface area (Å²) >= 11 is 7.50. The van der Waals surface area contributed by atoms with Gasteiger partial charge in [0, 0.05) is 27.3 Å². The van der Waals surface area contributed by atoms with E-state index in [0.717, 1.165) is 0 Å². The first-order valence-electron chi connectivity index (χ1n) is 0.507. The Morgan fingerprint density at radius 2 is 1.00 bits per heavy atom. The maximum atomic E-state index is 2.50. The Labute approximate surface area is 87.9 Å². The van der Waals surface area contributed by atoms with E-state index in [-0.39, 0.29) is 27.3 Å². The van der Waals surface area contributed by atoms with Crippen LogP contribution in [0.4, 0.5) is 0 Å². The molecule has 0 heterocycles. The second-order valence-electron chi connectivity index (χ2n) is 0.192. The molecule has 0 bridgehead atoms. The molecule has 0 unspecified atom stereocenters. The van der Waals surface area contributed by atoms with E-state index in [1.165, 1.54) is 0 Å². The van der Waals surface area contributed by atoms with Crippen molar-refractivity contribution in [3.8, 4) is 0 Å². The summed E-state index contributed by atoms with van der Waals surface area (Å²) in [4.78, 5) is 0. The van der Waals surface area contributed by atoms with Gasteiger partial charge in [-0.3, -0.25) is 0 Å². The van der Waals surface area contributed by atoms with Crippen LogP contribution in [0, 0.1) is 0 Å². The van der Waals surface area contributed by atoms with Gasteiger partial charge in [-0.1, -0.05) is 0 Å². The van der Waals surface area contributed by atoms with Crippen LogP contribution in [0.1, 0.15) is 0 Å². The van der Waals surface area contributed by atoms with Crippen molar-refractivity contribution in [2.24, 2.45) is 0 Å². The molecule has 0 aromatic rings. The predicted molar refractivity (Wildman–Crippen MR) is 47.8 cm³/mol. The average molecular weight is 615 g/mol. The molecule has 0 amide bonds. The van der Waals surface area contributed by atoms with Gasteiger partial charge in [0.15, 0.2) is 0 Å². The van der Waals surface area contributed by atoms with Crippen molar-refractivity contribution in [1.29, 1.82) is 0 Å². The van der Waals surface area contributed by atoms with Crippen LogP contribution in [0.15, 0.2) is 0 Å². The van der Waals surface area contributed by atoms with E-state index in [9.17, 15) is 0 Å². The molecule has 0 aromatic heterocycles. The quantitative estimate of drug-likeness (QED) is 0.290. The molecular formula is CdI3Sb. The third kappa shape index (κ3) is 18.1. The Balaban J connectivity index is 0. The second-order valence-corrected chi connectivity index (χ2v) is 57.9. The van der Waals surface area contributed by atoms with Crippen LogP contribution in [0.25, 0.3) is 0 Å². The maximum absolute atomic E-state index is 2.50. The number of rotatable bonds is 0. The monoisotopic (exact) mass is 616 g/mol. The summed E-state index contributed by atoms with van der Waals surface area (Å²) in [6.07, 6.45) is 0. The minimum atomic E-state index is -0.540. The Kier molecular flexibility index (Phi) is 18.5. The summed E-state index contributed by atoms with van der Waals surface area (Å²) in [5, 5.41) is 0. The van der Waals surface area contributed by atoms with Crippen molar-refractivity contribution in [1.82, 2.24) is 0 Å². The standard InChI is InChI=1S/Cd.3HI.Sb/h;3*1H;/q;;;;+3/p-3. The summed E-state index contributed by atoms with van der Waals surface area (Å²) in [6, 6.07) is 0. The van der Waals surface area contributed by atoms with Gasteiger partial charge >= 0.3 is 63.7 Å². The fraction of sp³-hybridized carbons (Fsp3) is 0. The normalized spacial score (nSPS) is 7.20. The molecule has 0 rings (SSSR count). The Bertz CT molecular complexity index is 11.6. The predicted octanol–water partition coefficient (Wildman–Crippen LogP) is 2.27. The van der Waals surface area contributed by atoms with E-state index in [1.54, 1.807) is 0 Å². The summed E-state index contributed by atoms with van der Waals surface area (Å²) in [7, 11) is -0.540. The molecule has 5 heavy (non-hydrogen) atoms. The molecule has 0 aliphatic rings. The second kappa shape index (κ2) is 7.93. The van der Waals surface area contributed by atoms with E-state index < -0.39 is 8.15 Å². The molecule has 0 nitrogen and oxygen atoms in total. The van der Waals surface area contributed by atoms with Gasteiger partial charge in [0.25, 0.3) is 0 Å². The molecule has 0 aliphatic carbocycles. The van der Waals surface area contributed by atoms with Crippen LogP contribution in [0.2, 0.25) is 0 Å². The van der Waals surface area contributed by atoms with Gasteiger partial charge in [0.05, 0.1) is 0 Å². The third-order valence-electron chi connectivity index (χ3n) is 0. The summed E-state index contributed by atoms with van der Waals surface area (Å²) in [5.74, 6) is 0. The van der Waals surface area contributed by atoms with Crippen LogP contribution >= 0.6 is 55.5 Å². The molecular weight excluding hydrogens is 615 g/mol. The average Bonchev–Trinajstić information content (AvgIpc) is 0.811. The first-order valence-corrected chi connectivity index (χ1v) is 22.8. The van der Waals surface area contributed by atoms with Crippen LogP contribution in [0.3, 0.4) is 0 Å². The van der Waals surface area contributed by atoms with Crippen molar-refractivity contribution in [2.75, 3.05) is 0 Å². The van der Waals surface area contributed by atoms with E-state index in [1.807, 2.05) is 0 Å². The SMILES string of the molecule is [Cd].[I][Sb]([I])[I]. The molecule has 0 radical (unpaired) electrons. The van der Waals surface area contributed by atoms with Crippen molar-refractivity contribution in [3.63, 3.8) is 0 Å². The fourth-order valence-corrected chi connectivity index (χ4v) is 0. The van der Waals surface area contributed by atoms with Crippen LogP contribution < -0.4 is 0 Å². The van der Waals surface area contributed by atoms with Crippen molar-refractivity contribution >= 4 is 63.7 Å². The van der Waals surface area contributed by atoms with Gasteiger partial charge in [-0.15, -0.1) is 0 Å². The van der Waals surface area contributed by atoms with E-state index in [4.69, 9.17) is 0 Å². The van der Waals surface area contributed by atoms with Gasteiger partial charge in [0.2, 0.25) is 0 Å². The topological polar surface area (TPSA) is 0 Å². The van der Waals surface area contributed by atoms with Gasteiger partial charge < -0.3 is 0 Å². The molecule has 0 saturated heterocycles. The molecule has 0 saturated carbocycles. The van der Waals surface area contributed by atoms with Crippen molar-refractivity contribution in [2.45, 2.75) is 0 Å². The fourth-order valence-electron chi connectivity index (χ4n) is 0. The Morgan fingerprint density at radius 3 is 1.00 bits per heavy atom. The van der Waals surface area contributed by atoms with Gasteiger partial charge in [-0.05, 0) is 0 Å². The van der Waals surface area contributed by atoms with Gasteiger partial charge in [-0.25, -0.2) is 0 Å². The number of hydrogen-bond donors (Lipinski definition) is 0. The number of halogens is 3. The minimum absolute atomic E-state index is 0. The summed E-state index contributed by atoms with van der Waals surface area (Å²) < 4.78 is 0. The van der Waals surface area contributed by atoms with Crippen LogP contribution in [0.5, 0.6) is 0 Å². The van der Waals surface area contributed by atoms with Crippen LogP contribution in [-0.4, -0.2) is 8.15 Å². The zero-order chi connectivity index (χ0) is 3.58. The number of hydrogen-bond acceptors (Lipinski definition) is 0. The Hall–Kier alpha value is 3.93. The van der Waals surface area contributed by atoms with E-state index in [0.29, 0.717) is 0 Å². The third-order valence-corrected chi connectivity index (χ3v) is 0. The molecule has 0 fully saturated rings. The van der Waals surface area contributed by atoms with E-state index >= 15 is 0 Å². The van der Waals surface area contributed by atoms with Gasteiger partial charge in [0.1, 0.15) is 0 Å². The zero-order valence-corrected chi connectivity index (χ0v) is 15.3. The van der Waals surface area contributed by atoms with Crippen molar-refractivity contribution in [3.05, 3.63) is 0 Å². The molecule has 0 spiro atoms. The molecule has 0 aliphatic heterocycles. The van der Waals surface area contributed by atoms with Gasteiger partial charge in [-0.2, -0.15) is 0 Å². The molecule has 5 heteroatoms. The first kappa shape index (κ1) is 11.7. The molecule has 28 valence electrons. The van der Waals surface area contributed by atoms with E-state index in [2.05, 4.69) is 55.5 Å². The summed E-state index contributed by atoms with van der Waals surface area (Å²) in [5.41, 5.74) is 0. The van der Waals surface area contributed by atoms with Crippen LogP contribution in [-0.2, 0) is 27.3 Å². The first-order chi connectivity index (χ1) is 1.73. The molecule has 0 atom stereocenters. The summed E-state index contributed by atoms with van der Waals surface area (Å²) in [6.45, 7) is 0.